The van der Waals surface area contributed by atoms with Crippen LogP contribution in [-0.2, 0) is 19.1 Å². The number of carbonyl (C=O) groups excluding carboxylic acids is 1. The van der Waals surface area contributed by atoms with Crippen LogP contribution in [0.3, 0.4) is 0 Å². The highest BCUT2D eigenvalue weighted by atomic mass is 16.7. The Hall–Kier alpha value is -1.92. The van der Waals surface area contributed by atoms with Crippen molar-refractivity contribution in [3.05, 3.63) is 29.8 Å². The first kappa shape index (κ1) is 15.5. The van der Waals surface area contributed by atoms with Crippen LogP contribution in [0.4, 0.5) is 5.69 Å². The lowest BCUT2D eigenvalue weighted by Gasteiger charge is -2.16. The van der Waals surface area contributed by atoms with E-state index in [4.69, 9.17) is 14.6 Å². The van der Waals surface area contributed by atoms with Crippen molar-refractivity contribution in [3.8, 4) is 0 Å². The zero-order valence-corrected chi connectivity index (χ0v) is 12.0. The maximum Gasteiger partial charge on any atom is 0.307 e. The van der Waals surface area contributed by atoms with Crippen LogP contribution in [0.15, 0.2) is 24.3 Å². The largest absolute Gasteiger partial charge is 0.481 e. The van der Waals surface area contributed by atoms with Gasteiger partial charge in [0.25, 0.3) is 0 Å². The zero-order chi connectivity index (χ0) is 15.4. The lowest BCUT2D eigenvalue weighted by Crippen LogP contribution is -2.30. The molecule has 1 saturated heterocycles. The molecule has 2 rings (SSSR count). The molecule has 1 aliphatic heterocycles. The van der Waals surface area contributed by atoms with E-state index in [0.717, 1.165) is 5.56 Å². The molecule has 1 aromatic carbocycles. The molecule has 0 radical (unpaired) electrons. The standard InChI is InChI=1S/C15H19NO5/c1-9(10(2)14(18)19)13(17)16-12-5-3-4-11(8-12)15-20-6-7-21-15/h3-5,8-10,15H,6-7H2,1-2H3,(H,16,17)(H,18,19). The highest BCUT2D eigenvalue weighted by Gasteiger charge is 2.26. The van der Waals surface area contributed by atoms with E-state index in [-0.39, 0.29) is 5.91 Å². The van der Waals surface area contributed by atoms with Gasteiger partial charge in [-0.05, 0) is 12.1 Å². The molecule has 0 bridgehead atoms. The van der Waals surface area contributed by atoms with Gasteiger partial charge in [0.15, 0.2) is 6.29 Å². The summed E-state index contributed by atoms with van der Waals surface area (Å²) in [5.41, 5.74) is 1.42. The molecule has 1 amide bonds. The Labute approximate surface area is 123 Å². The average molecular weight is 293 g/mol. The smallest absolute Gasteiger partial charge is 0.307 e. The van der Waals surface area contributed by atoms with E-state index < -0.39 is 24.1 Å². The summed E-state index contributed by atoms with van der Waals surface area (Å²) in [7, 11) is 0. The Morgan fingerprint density at radius 2 is 1.90 bits per heavy atom. The molecule has 21 heavy (non-hydrogen) atoms. The van der Waals surface area contributed by atoms with Gasteiger partial charge in [-0.25, -0.2) is 0 Å². The predicted molar refractivity (Wildman–Crippen MR) is 75.7 cm³/mol. The third-order valence-electron chi connectivity index (χ3n) is 3.60. The third-order valence-corrected chi connectivity index (χ3v) is 3.60. The van der Waals surface area contributed by atoms with E-state index in [9.17, 15) is 9.59 Å². The van der Waals surface area contributed by atoms with Crippen molar-refractivity contribution in [3.63, 3.8) is 0 Å². The first-order valence-corrected chi connectivity index (χ1v) is 6.86. The summed E-state index contributed by atoms with van der Waals surface area (Å²) in [5, 5.41) is 11.7. The van der Waals surface area contributed by atoms with Gasteiger partial charge in [-0.15, -0.1) is 0 Å². The van der Waals surface area contributed by atoms with E-state index >= 15 is 0 Å². The summed E-state index contributed by atoms with van der Waals surface area (Å²) >= 11 is 0. The Bertz CT molecular complexity index is 525. The number of hydrogen-bond acceptors (Lipinski definition) is 4. The molecule has 2 atom stereocenters. The molecular weight excluding hydrogens is 274 g/mol. The maximum absolute atomic E-state index is 12.1. The number of carbonyl (C=O) groups is 2. The van der Waals surface area contributed by atoms with E-state index in [1.807, 2.05) is 6.07 Å². The van der Waals surface area contributed by atoms with Gasteiger partial charge >= 0.3 is 5.97 Å². The van der Waals surface area contributed by atoms with Gasteiger partial charge in [-0.1, -0.05) is 26.0 Å². The van der Waals surface area contributed by atoms with Gasteiger partial charge in [0, 0.05) is 17.2 Å². The molecular formula is C15H19NO5. The average Bonchev–Trinajstić information content (AvgIpc) is 3.00. The third kappa shape index (κ3) is 3.80. The Morgan fingerprint density at radius 3 is 2.52 bits per heavy atom. The van der Waals surface area contributed by atoms with E-state index in [0.29, 0.717) is 18.9 Å². The zero-order valence-electron chi connectivity index (χ0n) is 12.0. The molecule has 0 aliphatic carbocycles. The van der Waals surface area contributed by atoms with Gasteiger partial charge in [0.2, 0.25) is 5.91 Å². The van der Waals surface area contributed by atoms with Crippen LogP contribution in [0.25, 0.3) is 0 Å². The second kappa shape index (κ2) is 6.69. The number of ether oxygens (including phenoxy) is 2. The summed E-state index contributed by atoms with van der Waals surface area (Å²) in [6, 6.07) is 7.16. The van der Waals surface area contributed by atoms with Crippen LogP contribution in [0.5, 0.6) is 0 Å². The van der Waals surface area contributed by atoms with Crippen LogP contribution in [0.1, 0.15) is 25.7 Å². The molecule has 1 heterocycles. The summed E-state index contributed by atoms with van der Waals surface area (Å²) < 4.78 is 10.8. The lowest BCUT2D eigenvalue weighted by molar-refractivity contribution is -0.145. The van der Waals surface area contributed by atoms with Crippen molar-refractivity contribution in [2.24, 2.45) is 11.8 Å². The molecule has 1 aromatic rings. The molecule has 0 saturated carbocycles. The van der Waals surface area contributed by atoms with E-state index in [1.165, 1.54) is 6.92 Å². The molecule has 1 fully saturated rings. The molecule has 114 valence electrons. The summed E-state index contributed by atoms with van der Waals surface area (Å²) in [6.07, 6.45) is -0.405. The van der Waals surface area contributed by atoms with Crippen molar-refractivity contribution in [2.75, 3.05) is 18.5 Å². The van der Waals surface area contributed by atoms with Gasteiger partial charge < -0.3 is 19.9 Å². The number of hydrogen-bond donors (Lipinski definition) is 2. The minimum Gasteiger partial charge on any atom is -0.481 e. The molecule has 6 heteroatoms. The molecule has 0 aromatic heterocycles. The quantitative estimate of drug-likeness (QED) is 0.867. The van der Waals surface area contributed by atoms with E-state index in [1.54, 1.807) is 25.1 Å². The van der Waals surface area contributed by atoms with Crippen LogP contribution < -0.4 is 5.32 Å². The molecule has 2 unspecified atom stereocenters. The number of carboxylic acid groups (broad SMARTS) is 1. The molecule has 1 aliphatic rings. The highest BCUT2D eigenvalue weighted by Crippen LogP contribution is 2.25. The van der Waals surface area contributed by atoms with E-state index in [2.05, 4.69) is 5.32 Å². The Kier molecular flexibility index (Phi) is 4.93. The van der Waals surface area contributed by atoms with Crippen molar-refractivity contribution in [1.82, 2.24) is 0 Å². The topological polar surface area (TPSA) is 84.9 Å². The number of carboxylic acids is 1. The fourth-order valence-electron chi connectivity index (χ4n) is 2.01. The minimum absolute atomic E-state index is 0.324. The molecule has 0 spiro atoms. The number of nitrogens with one attached hydrogen (secondary N) is 1. The Morgan fingerprint density at radius 1 is 1.24 bits per heavy atom. The first-order valence-electron chi connectivity index (χ1n) is 6.86. The second-order valence-electron chi connectivity index (χ2n) is 5.10. The van der Waals surface area contributed by atoms with Gasteiger partial charge in [0.05, 0.1) is 19.1 Å². The van der Waals surface area contributed by atoms with Crippen molar-refractivity contribution < 1.29 is 24.2 Å². The Balaban J connectivity index is 2.03. The van der Waals surface area contributed by atoms with Crippen LogP contribution >= 0.6 is 0 Å². The lowest BCUT2D eigenvalue weighted by atomic mass is 9.95. The van der Waals surface area contributed by atoms with Crippen molar-refractivity contribution >= 4 is 17.6 Å². The number of benzene rings is 1. The number of amides is 1. The fourth-order valence-corrected chi connectivity index (χ4v) is 2.01. The van der Waals surface area contributed by atoms with Gasteiger partial charge in [-0.2, -0.15) is 0 Å². The van der Waals surface area contributed by atoms with Crippen LogP contribution in [0.2, 0.25) is 0 Å². The van der Waals surface area contributed by atoms with Crippen molar-refractivity contribution in [2.45, 2.75) is 20.1 Å². The highest BCUT2D eigenvalue weighted by molar-refractivity contribution is 5.94. The summed E-state index contributed by atoms with van der Waals surface area (Å²) in [5.74, 6) is -2.67. The SMILES string of the molecule is CC(C(=O)O)C(C)C(=O)Nc1cccc(C2OCCO2)c1. The summed E-state index contributed by atoms with van der Waals surface area (Å²) in [6.45, 7) is 4.22. The first-order chi connectivity index (χ1) is 9.99. The minimum atomic E-state index is -0.987. The van der Waals surface area contributed by atoms with Crippen LogP contribution in [-0.4, -0.2) is 30.2 Å². The van der Waals surface area contributed by atoms with Crippen molar-refractivity contribution in [1.29, 1.82) is 0 Å². The molecule has 2 N–H and O–H groups in total. The maximum atomic E-state index is 12.1. The van der Waals surface area contributed by atoms with Gasteiger partial charge in [0.1, 0.15) is 0 Å². The predicted octanol–water partition coefficient (Wildman–Crippen LogP) is 2.03. The second-order valence-corrected chi connectivity index (χ2v) is 5.10. The normalized spacial score (nSPS) is 18.2. The number of aliphatic carboxylic acids is 1. The molecule has 6 nitrogen and oxygen atoms in total. The number of anilines is 1. The van der Waals surface area contributed by atoms with Crippen LogP contribution in [0, 0.1) is 11.8 Å². The fraction of sp³-hybridized carbons (Fsp3) is 0.467. The monoisotopic (exact) mass is 293 g/mol. The number of rotatable bonds is 5. The van der Waals surface area contributed by atoms with Gasteiger partial charge in [-0.3, -0.25) is 9.59 Å². The summed E-state index contributed by atoms with van der Waals surface area (Å²) in [4.78, 5) is 23.0.